The first-order chi connectivity index (χ1) is 19.4. The second kappa shape index (κ2) is 14.3. The highest BCUT2D eigenvalue weighted by Crippen LogP contribution is 2.24. The van der Waals surface area contributed by atoms with Crippen molar-refractivity contribution >= 4 is 39.8 Å². The first-order valence-electron chi connectivity index (χ1n) is 12.4. The molecule has 12 heteroatoms. The third-order valence-electron chi connectivity index (χ3n) is 5.76. The van der Waals surface area contributed by atoms with Crippen molar-refractivity contribution in [2.45, 2.75) is 19.5 Å². The first kappa shape index (κ1) is 28.9. The van der Waals surface area contributed by atoms with E-state index < -0.39 is 11.1 Å². The molecule has 0 aliphatic heterocycles. The number of nitrogens with one attached hydrogen (secondary N) is 3. The number of nitrogens with zero attached hydrogens (tertiary/aromatic N) is 2. The summed E-state index contributed by atoms with van der Waals surface area (Å²) < 4.78 is 27.0. The molecule has 0 bridgehead atoms. The molecular weight excluding hydrogens is 548 g/mol. The molecule has 5 N–H and O–H groups in total. The second-order valence-corrected chi connectivity index (χ2v) is 10.6. The standard InChI is InChI=1S/C28H30N6O4S2/c1-19(33-34-26(29)22-5-3-7-25(17-22)38-28-31-12-14-39-28)21-8-10-24(11-9-21)32-27(35)23-6-2-4-20(16-23)18-30-13-15-40(36)37/h2-12,14,16-17,19,30,33H,13,15,18H2,1H3,(H2,29,34)(H,32,35)(H,36,37)/p-1. The molecule has 2 atom stereocenters. The van der Waals surface area contributed by atoms with Crippen LogP contribution in [-0.2, 0) is 17.6 Å². The summed E-state index contributed by atoms with van der Waals surface area (Å²) in [5, 5.41) is 12.7. The maximum atomic E-state index is 12.8. The summed E-state index contributed by atoms with van der Waals surface area (Å²) >= 11 is -0.676. The number of benzene rings is 3. The van der Waals surface area contributed by atoms with E-state index in [4.69, 9.17) is 10.5 Å². The van der Waals surface area contributed by atoms with E-state index in [9.17, 15) is 13.6 Å². The lowest BCUT2D eigenvalue weighted by molar-refractivity contribution is 0.102. The minimum atomic E-state index is -2.08. The lowest BCUT2D eigenvalue weighted by Gasteiger charge is -2.14. The number of thiazole rings is 1. The van der Waals surface area contributed by atoms with E-state index in [1.54, 1.807) is 30.5 Å². The highest BCUT2D eigenvalue weighted by atomic mass is 32.2. The van der Waals surface area contributed by atoms with Crippen molar-refractivity contribution in [1.82, 2.24) is 15.7 Å². The van der Waals surface area contributed by atoms with Crippen LogP contribution in [0.15, 0.2) is 89.5 Å². The van der Waals surface area contributed by atoms with Crippen molar-refractivity contribution < 1.29 is 18.3 Å². The highest BCUT2D eigenvalue weighted by Gasteiger charge is 2.10. The van der Waals surface area contributed by atoms with Gasteiger partial charge in [0.15, 0.2) is 5.84 Å². The summed E-state index contributed by atoms with van der Waals surface area (Å²) in [5.41, 5.74) is 13.0. The van der Waals surface area contributed by atoms with Gasteiger partial charge in [-0.1, -0.05) is 58.8 Å². The Balaban J connectivity index is 1.30. The van der Waals surface area contributed by atoms with E-state index in [0.717, 1.165) is 11.1 Å². The van der Waals surface area contributed by atoms with Crippen molar-refractivity contribution in [3.63, 3.8) is 0 Å². The number of carbonyl (C=O) groups is 1. The number of carbonyl (C=O) groups excluding carboxylic acids is 1. The molecule has 4 aromatic rings. The fourth-order valence-electron chi connectivity index (χ4n) is 3.66. The van der Waals surface area contributed by atoms with Gasteiger partial charge in [-0.3, -0.25) is 9.00 Å². The van der Waals surface area contributed by atoms with Crippen LogP contribution >= 0.6 is 11.3 Å². The van der Waals surface area contributed by atoms with Gasteiger partial charge in [0.25, 0.3) is 11.1 Å². The van der Waals surface area contributed by atoms with Gasteiger partial charge in [0.1, 0.15) is 5.75 Å². The normalized spacial score (nSPS) is 12.9. The lowest BCUT2D eigenvalue weighted by atomic mass is 10.1. The van der Waals surface area contributed by atoms with Gasteiger partial charge >= 0.3 is 0 Å². The Morgan fingerprint density at radius 3 is 2.65 bits per heavy atom. The lowest BCUT2D eigenvalue weighted by Crippen LogP contribution is -2.21. The summed E-state index contributed by atoms with van der Waals surface area (Å²) in [6.07, 6.45) is 1.68. The van der Waals surface area contributed by atoms with Gasteiger partial charge in [-0.15, -0.1) is 0 Å². The number of aromatic nitrogens is 1. The summed E-state index contributed by atoms with van der Waals surface area (Å²) in [6.45, 7) is 2.78. The number of amides is 1. The van der Waals surface area contributed by atoms with E-state index in [-0.39, 0.29) is 17.7 Å². The molecule has 1 aromatic heterocycles. The molecule has 0 saturated heterocycles. The fraction of sp³-hybridized carbons (Fsp3) is 0.179. The molecule has 0 spiro atoms. The SMILES string of the molecule is CC(N/N=C(\N)c1cccc(Oc2nccs2)c1)c1ccc(NC(=O)c2cccc(CNCCS(=O)[O-])c2)cc1. The molecule has 0 aliphatic rings. The van der Waals surface area contributed by atoms with E-state index in [1.165, 1.54) is 11.3 Å². The smallest absolute Gasteiger partial charge is 0.278 e. The fourth-order valence-corrected chi connectivity index (χ4v) is 4.47. The topological polar surface area (TPSA) is 154 Å². The van der Waals surface area contributed by atoms with Crippen LogP contribution in [0.25, 0.3) is 0 Å². The number of anilines is 1. The number of amidine groups is 1. The zero-order chi connectivity index (χ0) is 28.3. The molecule has 0 fully saturated rings. The largest absolute Gasteiger partial charge is 0.772 e. The van der Waals surface area contributed by atoms with Crippen LogP contribution in [0.5, 0.6) is 10.9 Å². The molecule has 0 radical (unpaired) electrons. The number of hydrogen-bond acceptors (Lipinski definition) is 9. The van der Waals surface area contributed by atoms with Crippen LogP contribution in [0.2, 0.25) is 0 Å². The third-order valence-corrected chi connectivity index (χ3v) is 6.94. The summed E-state index contributed by atoms with van der Waals surface area (Å²) in [7, 11) is 0. The van der Waals surface area contributed by atoms with E-state index in [2.05, 4.69) is 26.1 Å². The maximum Gasteiger partial charge on any atom is 0.278 e. The Kier molecular flexibility index (Phi) is 10.4. The van der Waals surface area contributed by atoms with Gasteiger partial charge in [0.2, 0.25) is 0 Å². The van der Waals surface area contributed by atoms with Crippen molar-refractivity contribution in [1.29, 1.82) is 0 Å². The van der Waals surface area contributed by atoms with Crippen LogP contribution in [0.3, 0.4) is 0 Å². The second-order valence-electron chi connectivity index (χ2n) is 8.74. The molecule has 3 aromatic carbocycles. The van der Waals surface area contributed by atoms with Crippen molar-refractivity contribution in [3.05, 3.63) is 107 Å². The van der Waals surface area contributed by atoms with Gasteiger partial charge in [0, 0.05) is 47.2 Å². The number of hydrogen-bond donors (Lipinski definition) is 4. The van der Waals surface area contributed by atoms with Gasteiger partial charge in [-0.05, 0) is 54.4 Å². The van der Waals surface area contributed by atoms with Crippen LogP contribution in [0.4, 0.5) is 5.69 Å². The summed E-state index contributed by atoms with van der Waals surface area (Å²) in [4.78, 5) is 16.9. The molecule has 40 heavy (non-hydrogen) atoms. The Morgan fingerprint density at radius 2 is 1.90 bits per heavy atom. The number of rotatable bonds is 13. The maximum absolute atomic E-state index is 12.8. The Labute approximate surface area is 239 Å². The quantitative estimate of drug-likeness (QED) is 0.0608. The summed E-state index contributed by atoms with van der Waals surface area (Å²) in [5.74, 6) is 0.745. The Hall–Kier alpha value is -4.10. The number of ether oxygens (including phenoxy) is 1. The Morgan fingerprint density at radius 1 is 1.12 bits per heavy atom. The van der Waals surface area contributed by atoms with Crippen molar-refractivity contribution in [3.8, 4) is 10.9 Å². The molecule has 0 aliphatic carbocycles. The average molecular weight is 578 g/mol. The van der Waals surface area contributed by atoms with Crippen LogP contribution < -0.4 is 26.5 Å². The average Bonchev–Trinajstić information content (AvgIpc) is 3.47. The zero-order valence-electron chi connectivity index (χ0n) is 21.7. The highest BCUT2D eigenvalue weighted by molar-refractivity contribution is 7.79. The molecular formula is C28H29N6O4S2-. The molecule has 0 saturated carbocycles. The minimum absolute atomic E-state index is 0.0434. The van der Waals surface area contributed by atoms with Gasteiger partial charge in [0.05, 0.1) is 6.04 Å². The minimum Gasteiger partial charge on any atom is -0.772 e. The Bertz CT molecular complexity index is 1460. The van der Waals surface area contributed by atoms with Gasteiger partial charge in [-0.2, -0.15) is 5.10 Å². The van der Waals surface area contributed by atoms with Gasteiger partial charge in [-0.25, -0.2) is 4.98 Å². The van der Waals surface area contributed by atoms with Crippen LogP contribution in [0.1, 0.15) is 40.0 Å². The first-order valence-corrected chi connectivity index (χ1v) is 14.5. The van der Waals surface area contributed by atoms with Crippen LogP contribution in [0, 0.1) is 0 Å². The van der Waals surface area contributed by atoms with Crippen LogP contribution in [-0.4, -0.2) is 37.8 Å². The molecule has 1 amide bonds. The van der Waals surface area contributed by atoms with Crippen molar-refractivity contribution in [2.24, 2.45) is 10.8 Å². The zero-order valence-corrected chi connectivity index (χ0v) is 23.3. The van der Waals surface area contributed by atoms with Crippen molar-refractivity contribution in [2.75, 3.05) is 17.6 Å². The molecule has 10 nitrogen and oxygen atoms in total. The molecule has 4 rings (SSSR count). The molecule has 208 valence electrons. The monoisotopic (exact) mass is 577 g/mol. The molecule has 2 unspecified atom stereocenters. The third kappa shape index (κ3) is 8.71. The number of hydrazone groups is 1. The predicted octanol–water partition coefficient (Wildman–Crippen LogP) is 4.13. The van der Waals surface area contributed by atoms with E-state index in [0.29, 0.717) is 46.7 Å². The summed E-state index contributed by atoms with van der Waals surface area (Å²) in [6, 6.07) is 21.8. The van der Waals surface area contributed by atoms with E-state index >= 15 is 0 Å². The predicted molar refractivity (Wildman–Crippen MR) is 157 cm³/mol. The number of nitrogens with two attached hydrogens (primary N) is 1. The molecule has 1 heterocycles. The van der Waals surface area contributed by atoms with E-state index in [1.807, 2.05) is 60.8 Å². The van der Waals surface area contributed by atoms with Gasteiger partial charge < -0.3 is 31.1 Å².